The van der Waals surface area contributed by atoms with Gasteiger partial charge in [0.2, 0.25) is 0 Å². The van der Waals surface area contributed by atoms with E-state index in [0.717, 1.165) is 40.7 Å². The molecule has 0 saturated heterocycles. The van der Waals surface area contributed by atoms with Gasteiger partial charge in [-0.3, -0.25) is 4.79 Å². The van der Waals surface area contributed by atoms with Crippen LogP contribution < -0.4 is 10.1 Å². The zero-order chi connectivity index (χ0) is 17.4. The second-order valence-electron chi connectivity index (χ2n) is 6.75. The lowest BCUT2D eigenvalue weighted by molar-refractivity contribution is 0.0930. The monoisotopic (exact) mass is 331 g/mol. The number of fused-ring (bicyclic) bond motifs is 1. The minimum atomic E-state index is -0.298. The van der Waals surface area contributed by atoms with E-state index in [1.165, 1.54) is 5.39 Å². The van der Waals surface area contributed by atoms with Crippen LogP contribution in [0.3, 0.4) is 0 Å². The molecule has 3 aromatic carbocycles. The molecular formula is C22H21NO2. The number of benzene rings is 3. The van der Waals surface area contributed by atoms with Gasteiger partial charge in [-0.05, 0) is 59.9 Å². The molecule has 4 rings (SSSR count). The van der Waals surface area contributed by atoms with Crippen LogP contribution in [-0.4, -0.2) is 13.0 Å². The summed E-state index contributed by atoms with van der Waals surface area (Å²) in [6.45, 7) is 1.97. The molecule has 1 fully saturated rings. The van der Waals surface area contributed by atoms with Crippen molar-refractivity contribution in [3.8, 4) is 5.75 Å². The van der Waals surface area contributed by atoms with E-state index in [2.05, 4.69) is 23.5 Å². The van der Waals surface area contributed by atoms with Gasteiger partial charge in [0.1, 0.15) is 5.75 Å². The van der Waals surface area contributed by atoms with Crippen molar-refractivity contribution in [3.05, 3.63) is 77.4 Å². The fraction of sp³-hybridized carbons (Fsp3) is 0.227. The van der Waals surface area contributed by atoms with Gasteiger partial charge >= 0.3 is 0 Å². The number of hydrogen-bond acceptors (Lipinski definition) is 2. The standard InChI is InChI=1S/C22H21NO2/c1-15-7-3-5-9-18(15)21(24)23-22(11-12-22)20-14-17(25-2)13-16-8-4-6-10-19(16)20/h3-10,13-14H,11-12H2,1-2H3,(H,23,24). The molecule has 1 amide bonds. The van der Waals surface area contributed by atoms with Crippen molar-refractivity contribution in [2.24, 2.45) is 0 Å². The molecule has 0 unspecified atom stereocenters. The minimum Gasteiger partial charge on any atom is -0.497 e. The Morgan fingerprint density at radius 2 is 1.76 bits per heavy atom. The first-order chi connectivity index (χ1) is 12.1. The average Bonchev–Trinajstić information content (AvgIpc) is 3.41. The van der Waals surface area contributed by atoms with Gasteiger partial charge in [-0.15, -0.1) is 0 Å². The van der Waals surface area contributed by atoms with Crippen LogP contribution >= 0.6 is 0 Å². The molecule has 0 heterocycles. The molecule has 0 aliphatic heterocycles. The van der Waals surface area contributed by atoms with Crippen LogP contribution in [0.25, 0.3) is 10.8 Å². The highest BCUT2D eigenvalue weighted by atomic mass is 16.5. The van der Waals surface area contributed by atoms with Crippen molar-refractivity contribution in [1.29, 1.82) is 0 Å². The SMILES string of the molecule is COc1cc(C2(NC(=O)c3ccccc3C)CC2)c2ccccc2c1. The van der Waals surface area contributed by atoms with Crippen LogP contribution in [0.15, 0.2) is 60.7 Å². The van der Waals surface area contributed by atoms with E-state index < -0.39 is 0 Å². The number of rotatable bonds is 4. The molecule has 126 valence electrons. The second kappa shape index (κ2) is 5.92. The Labute approximate surface area is 147 Å². The molecule has 3 nitrogen and oxygen atoms in total. The van der Waals surface area contributed by atoms with E-state index in [9.17, 15) is 4.79 Å². The molecule has 25 heavy (non-hydrogen) atoms. The van der Waals surface area contributed by atoms with Crippen LogP contribution in [0.2, 0.25) is 0 Å². The Bertz CT molecular complexity index is 957. The zero-order valence-corrected chi connectivity index (χ0v) is 14.5. The third-order valence-electron chi connectivity index (χ3n) is 5.08. The van der Waals surface area contributed by atoms with Crippen LogP contribution in [0.1, 0.15) is 34.3 Å². The molecule has 0 radical (unpaired) electrons. The predicted octanol–water partition coefficient (Wildman–Crippen LogP) is 4.58. The van der Waals surface area contributed by atoms with Crippen molar-refractivity contribution in [1.82, 2.24) is 5.32 Å². The number of methoxy groups -OCH3 is 1. The fourth-order valence-corrected chi connectivity index (χ4v) is 3.50. The Balaban J connectivity index is 1.75. The first-order valence-corrected chi connectivity index (χ1v) is 8.58. The fourth-order valence-electron chi connectivity index (χ4n) is 3.50. The third kappa shape index (κ3) is 2.76. The molecule has 1 aliphatic carbocycles. The molecule has 3 aromatic rings. The maximum absolute atomic E-state index is 12.8. The van der Waals surface area contributed by atoms with Gasteiger partial charge in [0.05, 0.1) is 12.6 Å². The first-order valence-electron chi connectivity index (χ1n) is 8.58. The summed E-state index contributed by atoms with van der Waals surface area (Å²) in [5.74, 6) is 0.813. The number of ether oxygens (including phenoxy) is 1. The van der Waals surface area contributed by atoms with Crippen LogP contribution in [0.4, 0.5) is 0 Å². The Hall–Kier alpha value is -2.81. The third-order valence-corrected chi connectivity index (χ3v) is 5.08. The Kier molecular flexibility index (Phi) is 3.72. The van der Waals surface area contributed by atoms with Crippen LogP contribution in [0.5, 0.6) is 5.75 Å². The summed E-state index contributed by atoms with van der Waals surface area (Å²) in [6.07, 6.45) is 1.89. The van der Waals surface area contributed by atoms with Crippen LogP contribution in [0, 0.1) is 6.92 Å². The summed E-state index contributed by atoms with van der Waals surface area (Å²) in [4.78, 5) is 12.8. The highest BCUT2D eigenvalue weighted by Gasteiger charge is 2.47. The molecular weight excluding hydrogens is 310 g/mol. The topological polar surface area (TPSA) is 38.3 Å². The maximum Gasteiger partial charge on any atom is 0.252 e. The number of hydrogen-bond donors (Lipinski definition) is 1. The van der Waals surface area contributed by atoms with E-state index in [-0.39, 0.29) is 11.4 Å². The van der Waals surface area contributed by atoms with Gasteiger partial charge < -0.3 is 10.1 Å². The number of aryl methyl sites for hydroxylation is 1. The highest BCUT2D eigenvalue weighted by molar-refractivity contribution is 5.97. The highest BCUT2D eigenvalue weighted by Crippen LogP contribution is 2.49. The summed E-state index contributed by atoms with van der Waals surface area (Å²) < 4.78 is 5.48. The molecule has 3 heteroatoms. The van der Waals surface area contributed by atoms with Crippen molar-refractivity contribution in [2.75, 3.05) is 7.11 Å². The van der Waals surface area contributed by atoms with Crippen molar-refractivity contribution in [2.45, 2.75) is 25.3 Å². The Morgan fingerprint density at radius 1 is 1.04 bits per heavy atom. The largest absolute Gasteiger partial charge is 0.497 e. The second-order valence-corrected chi connectivity index (χ2v) is 6.75. The van der Waals surface area contributed by atoms with Crippen molar-refractivity contribution in [3.63, 3.8) is 0 Å². The lowest BCUT2D eigenvalue weighted by atomic mass is 9.95. The van der Waals surface area contributed by atoms with Gasteiger partial charge in [0.15, 0.2) is 0 Å². The molecule has 0 atom stereocenters. The number of nitrogens with one attached hydrogen (secondary N) is 1. The molecule has 0 aromatic heterocycles. The van der Waals surface area contributed by atoms with E-state index in [1.807, 2.05) is 49.4 Å². The molecule has 0 spiro atoms. The molecule has 1 saturated carbocycles. The van der Waals surface area contributed by atoms with E-state index in [4.69, 9.17) is 4.74 Å². The lowest BCUT2D eigenvalue weighted by Crippen LogP contribution is -2.35. The zero-order valence-electron chi connectivity index (χ0n) is 14.5. The summed E-state index contributed by atoms with van der Waals surface area (Å²) in [6, 6.07) is 20.1. The van der Waals surface area contributed by atoms with Gasteiger partial charge in [-0.25, -0.2) is 0 Å². The van der Waals surface area contributed by atoms with Crippen molar-refractivity contribution >= 4 is 16.7 Å². The lowest BCUT2D eigenvalue weighted by Gasteiger charge is -2.21. The molecule has 1 N–H and O–H groups in total. The van der Waals surface area contributed by atoms with Gasteiger partial charge in [-0.2, -0.15) is 0 Å². The molecule has 1 aliphatic rings. The van der Waals surface area contributed by atoms with Gasteiger partial charge in [0, 0.05) is 5.56 Å². The normalized spacial score (nSPS) is 15.0. The van der Waals surface area contributed by atoms with Gasteiger partial charge in [-0.1, -0.05) is 42.5 Å². The Morgan fingerprint density at radius 3 is 2.48 bits per heavy atom. The maximum atomic E-state index is 12.8. The smallest absolute Gasteiger partial charge is 0.252 e. The number of amides is 1. The quantitative estimate of drug-likeness (QED) is 0.760. The van der Waals surface area contributed by atoms with Gasteiger partial charge in [0.25, 0.3) is 5.91 Å². The minimum absolute atomic E-state index is 0.0116. The predicted molar refractivity (Wildman–Crippen MR) is 100 cm³/mol. The summed E-state index contributed by atoms with van der Waals surface area (Å²) in [5, 5.41) is 5.59. The summed E-state index contributed by atoms with van der Waals surface area (Å²) in [5.41, 5.74) is 2.57. The number of carbonyl (C=O) groups excluding carboxylic acids is 1. The number of carbonyl (C=O) groups is 1. The molecule has 0 bridgehead atoms. The average molecular weight is 331 g/mol. The van der Waals surface area contributed by atoms with E-state index in [0.29, 0.717) is 0 Å². The van der Waals surface area contributed by atoms with Crippen LogP contribution in [-0.2, 0) is 5.54 Å². The van der Waals surface area contributed by atoms with Crippen molar-refractivity contribution < 1.29 is 9.53 Å². The van der Waals surface area contributed by atoms with E-state index >= 15 is 0 Å². The van der Waals surface area contributed by atoms with E-state index in [1.54, 1.807) is 7.11 Å². The first kappa shape index (κ1) is 15.7. The summed E-state index contributed by atoms with van der Waals surface area (Å²) >= 11 is 0. The summed E-state index contributed by atoms with van der Waals surface area (Å²) in [7, 11) is 1.68.